The van der Waals surface area contributed by atoms with Gasteiger partial charge < -0.3 is 9.80 Å². The van der Waals surface area contributed by atoms with Gasteiger partial charge in [0, 0.05) is 31.9 Å². The average molecular weight is 395 g/mol. The SMILES string of the molecule is CC(C(=O)N1CCN(c2ccccc2)CC1)N(C)Cc1nc2ccccc2s1. The Hall–Kier alpha value is -2.44. The molecule has 2 aromatic carbocycles. The first-order chi connectivity index (χ1) is 13.6. The highest BCUT2D eigenvalue weighted by atomic mass is 32.1. The van der Waals surface area contributed by atoms with Crippen molar-refractivity contribution in [1.82, 2.24) is 14.8 Å². The summed E-state index contributed by atoms with van der Waals surface area (Å²) in [4.78, 5) is 24.1. The molecule has 0 aliphatic carbocycles. The fourth-order valence-corrected chi connectivity index (χ4v) is 4.65. The monoisotopic (exact) mass is 394 g/mol. The van der Waals surface area contributed by atoms with E-state index in [1.807, 2.05) is 43.1 Å². The van der Waals surface area contributed by atoms with Gasteiger partial charge in [-0.3, -0.25) is 9.69 Å². The van der Waals surface area contributed by atoms with Crippen LogP contribution in [0.1, 0.15) is 11.9 Å². The summed E-state index contributed by atoms with van der Waals surface area (Å²) in [6.07, 6.45) is 0. The molecule has 28 heavy (non-hydrogen) atoms. The Morgan fingerprint density at radius 3 is 2.46 bits per heavy atom. The summed E-state index contributed by atoms with van der Waals surface area (Å²) in [6, 6.07) is 18.4. The van der Waals surface area contributed by atoms with Crippen LogP contribution < -0.4 is 4.90 Å². The molecule has 1 atom stereocenters. The molecule has 0 N–H and O–H groups in total. The number of carbonyl (C=O) groups is 1. The van der Waals surface area contributed by atoms with Crippen LogP contribution in [0.2, 0.25) is 0 Å². The van der Waals surface area contributed by atoms with Gasteiger partial charge >= 0.3 is 0 Å². The number of hydrogen-bond acceptors (Lipinski definition) is 5. The van der Waals surface area contributed by atoms with E-state index in [1.165, 1.54) is 10.4 Å². The van der Waals surface area contributed by atoms with E-state index >= 15 is 0 Å². The van der Waals surface area contributed by atoms with Crippen molar-refractivity contribution in [3.63, 3.8) is 0 Å². The molecule has 2 heterocycles. The van der Waals surface area contributed by atoms with Crippen LogP contribution in [-0.2, 0) is 11.3 Å². The van der Waals surface area contributed by atoms with Gasteiger partial charge in [-0.2, -0.15) is 0 Å². The number of nitrogens with zero attached hydrogens (tertiary/aromatic N) is 4. The predicted molar refractivity (Wildman–Crippen MR) is 116 cm³/mol. The molecule has 5 nitrogen and oxygen atoms in total. The molecule has 0 spiro atoms. The number of likely N-dealkylation sites (N-methyl/N-ethyl adjacent to an activating group) is 1. The van der Waals surface area contributed by atoms with Crippen molar-refractivity contribution in [1.29, 1.82) is 0 Å². The molecular formula is C22H26N4OS. The highest BCUT2D eigenvalue weighted by molar-refractivity contribution is 7.18. The number of benzene rings is 2. The van der Waals surface area contributed by atoms with Crippen LogP contribution in [0.15, 0.2) is 54.6 Å². The molecule has 0 radical (unpaired) electrons. The van der Waals surface area contributed by atoms with E-state index in [-0.39, 0.29) is 11.9 Å². The fraction of sp³-hybridized carbons (Fsp3) is 0.364. The van der Waals surface area contributed by atoms with Gasteiger partial charge in [-0.15, -0.1) is 11.3 Å². The van der Waals surface area contributed by atoms with Crippen molar-refractivity contribution in [2.24, 2.45) is 0 Å². The smallest absolute Gasteiger partial charge is 0.239 e. The van der Waals surface area contributed by atoms with Gasteiger partial charge in [-0.25, -0.2) is 4.98 Å². The van der Waals surface area contributed by atoms with Crippen molar-refractivity contribution in [3.8, 4) is 0 Å². The summed E-state index contributed by atoms with van der Waals surface area (Å²) in [5.74, 6) is 0.205. The van der Waals surface area contributed by atoms with Gasteiger partial charge in [-0.05, 0) is 38.2 Å². The van der Waals surface area contributed by atoms with Crippen LogP contribution in [0, 0.1) is 0 Å². The van der Waals surface area contributed by atoms with Gasteiger partial charge in [0.05, 0.1) is 22.8 Å². The number of aromatic nitrogens is 1. The second kappa shape index (κ2) is 8.29. The second-order valence-corrected chi connectivity index (χ2v) is 8.43. The Morgan fingerprint density at radius 1 is 1.07 bits per heavy atom. The Bertz CT molecular complexity index is 901. The molecule has 1 fully saturated rings. The van der Waals surface area contributed by atoms with Gasteiger partial charge in [0.15, 0.2) is 0 Å². The number of thiazole rings is 1. The minimum absolute atomic E-state index is 0.157. The van der Waals surface area contributed by atoms with E-state index in [0.717, 1.165) is 36.7 Å². The van der Waals surface area contributed by atoms with E-state index in [1.54, 1.807) is 11.3 Å². The van der Waals surface area contributed by atoms with Crippen LogP contribution in [-0.4, -0.2) is 60.0 Å². The summed E-state index contributed by atoms with van der Waals surface area (Å²) in [5.41, 5.74) is 2.27. The summed E-state index contributed by atoms with van der Waals surface area (Å²) >= 11 is 1.70. The summed E-state index contributed by atoms with van der Waals surface area (Å²) < 4.78 is 1.20. The number of anilines is 1. The second-order valence-electron chi connectivity index (χ2n) is 7.31. The maximum absolute atomic E-state index is 13.0. The lowest BCUT2D eigenvalue weighted by molar-refractivity contribution is -0.136. The summed E-state index contributed by atoms with van der Waals surface area (Å²) in [5, 5.41) is 1.05. The van der Waals surface area contributed by atoms with E-state index in [4.69, 9.17) is 4.98 Å². The largest absolute Gasteiger partial charge is 0.368 e. The lowest BCUT2D eigenvalue weighted by Crippen LogP contribution is -2.53. The standard InChI is InChI=1S/C22H26N4OS/c1-17(24(2)16-21-23-19-10-6-7-11-20(19)28-21)22(27)26-14-12-25(13-15-26)18-8-4-3-5-9-18/h3-11,17H,12-16H2,1-2H3. The van der Waals surface area contributed by atoms with Crippen LogP contribution in [0.5, 0.6) is 0 Å². The molecule has 1 aromatic heterocycles. The third-order valence-electron chi connectivity index (χ3n) is 5.45. The molecule has 1 aliphatic heterocycles. The first-order valence-electron chi connectivity index (χ1n) is 9.75. The molecule has 0 bridgehead atoms. The lowest BCUT2D eigenvalue weighted by atomic mass is 10.2. The molecule has 1 saturated heterocycles. The van der Waals surface area contributed by atoms with Gasteiger partial charge in [0.1, 0.15) is 5.01 Å². The minimum Gasteiger partial charge on any atom is -0.368 e. The molecule has 0 saturated carbocycles. The Morgan fingerprint density at radius 2 is 1.75 bits per heavy atom. The van der Waals surface area contributed by atoms with Crippen LogP contribution >= 0.6 is 11.3 Å². The maximum atomic E-state index is 13.0. The van der Waals surface area contributed by atoms with E-state index < -0.39 is 0 Å². The first-order valence-corrected chi connectivity index (χ1v) is 10.6. The third kappa shape index (κ3) is 4.03. The number of piperazine rings is 1. The average Bonchev–Trinajstić information content (AvgIpc) is 3.15. The van der Waals surface area contributed by atoms with Gasteiger partial charge in [0.25, 0.3) is 0 Å². The number of para-hydroxylation sites is 2. The van der Waals surface area contributed by atoms with Crippen molar-refractivity contribution >= 4 is 33.1 Å². The van der Waals surface area contributed by atoms with Crippen molar-refractivity contribution in [3.05, 3.63) is 59.6 Å². The Kier molecular flexibility index (Phi) is 5.59. The number of carbonyl (C=O) groups excluding carboxylic acids is 1. The summed E-state index contributed by atoms with van der Waals surface area (Å²) in [6.45, 7) is 5.99. The molecule has 1 aliphatic rings. The number of fused-ring (bicyclic) bond motifs is 1. The number of amides is 1. The predicted octanol–water partition coefficient (Wildman–Crippen LogP) is 3.47. The number of hydrogen-bond donors (Lipinski definition) is 0. The minimum atomic E-state index is -0.157. The van der Waals surface area contributed by atoms with E-state index in [0.29, 0.717) is 6.54 Å². The molecule has 4 rings (SSSR count). The Labute approximate surface area is 170 Å². The summed E-state index contributed by atoms with van der Waals surface area (Å²) in [7, 11) is 2.01. The molecular weight excluding hydrogens is 368 g/mol. The van der Waals surface area contributed by atoms with E-state index in [2.05, 4.69) is 40.1 Å². The molecule has 1 unspecified atom stereocenters. The van der Waals surface area contributed by atoms with Crippen LogP contribution in [0.3, 0.4) is 0 Å². The topological polar surface area (TPSA) is 39.7 Å². The van der Waals surface area contributed by atoms with Crippen molar-refractivity contribution in [2.75, 3.05) is 38.1 Å². The quantitative estimate of drug-likeness (QED) is 0.664. The molecule has 146 valence electrons. The van der Waals surface area contributed by atoms with Crippen LogP contribution in [0.4, 0.5) is 5.69 Å². The van der Waals surface area contributed by atoms with Crippen LogP contribution in [0.25, 0.3) is 10.2 Å². The van der Waals surface area contributed by atoms with Crippen molar-refractivity contribution < 1.29 is 4.79 Å². The molecule has 1 amide bonds. The fourth-order valence-electron chi connectivity index (χ4n) is 3.61. The highest BCUT2D eigenvalue weighted by Gasteiger charge is 2.27. The number of rotatable bonds is 5. The van der Waals surface area contributed by atoms with Gasteiger partial charge in [0.2, 0.25) is 5.91 Å². The first kappa shape index (κ1) is 18.9. The zero-order valence-corrected chi connectivity index (χ0v) is 17.2. The highest BCUT2D eigenvalue weighted by Crippen LogP contribution is 2.23. The molecule has 6 heteroatoms. The lowest BCUT2D eigenvalue weighted by Gasteiger charge is -2.38. The molecule has 3 aromatic rings. The Balaban J connectivity index is 1.34. The zero-order valence-electron chi connectivity index (χ0n) is 16.4. The normalized spacial score (nSPS) is 16.0. The maximum Gasteiger partial charge on any atom is 0.239 e. The third-order valence-corrected chi connectivity index (χ3v) is 6.48. The van der Waals surface area contributed by atoms with Gasteiger partial charge in [-0.1, -0.05) is 30.3 Å². The zero-order chi connectivity index (χ0) is 19.5. The van der Waals surface area contributed by atoms with Crippen molar-refractivity contribution in [2.45, 2.75) is 19.5 Å². The van der Waals surface area contributed by atoms with E-state index in [9.17, 15) is 4.79 Å².